The van der Waals surface area contributed by atoms with E-state index in [1.54, 1.807) is 12.1 Å². The van der Waals surface area contributed by atoms with Gasteiger partial charge in [-0.25, -0.2) is 4.79 Å². The van der Waals surface area contributed by atoms with E-state index >= 15 is 0 Å². The van der Waals surface area contributed by atoms with Gasteiger partial charge in [-0.15, -0.1) is 0 Å². The Morgan fingerprint density at radius 1 is 0.967 bits per heavy atom. The molecule has 0 aromatic heterocycles. The Morgan fingerprint density at radius 2 is 1.50 bits per heavy atom. The molecular formula is C25H31NO4. The van der Waals surface area contributed by atoms with Crippen molar-refractivity contribution in [3.8, 4) is 0 Å². The van der Waals surface area contributed by atoms with Crippen molar-refractivity contribution in [3.05, 3.63) is 71.8 Å². The first-order valence-corrected chi connectivity index (χ1v) is 10.5. The minimum absolute atomic E-state index is 0.194. The molecule has 2 aromatic carbocycles. The molecule has 0 spiro atoms. The van der Waals surface area contributed by atoms with E-state index in [-0.39, 0.29) is 12.1 Å². The number of ether oxygens (including phenoxy) is 2. The molecule has 0 amide bonds. The average Bonchev–Trinajstić information content (AvgIpc) is 2.74. The summed E-state index contributed by atoms with van der Waals surface area (Å²) < 4.78 is 11.3. The van der Waals surface area contributed by atoms with E-state index in [1.165, 1.54) is 0 Å². The van der Waals surface area contributed by atoms with Gasteiger partial charge in [-0.2, -0.15) is 0 Å². The molecule has 1 saturated carbocycles. The molecule has 5 nitrogen and oxygen atoms in total. The summed E-state index contributed by atoms with van der Waals surface area (Å²) in [5.41, 5.74) is 6.95. The molecule has 3 rings (SSSR count). The van der Waals surface area contributed by atoms with Crippen molar-refractivity contribution in [1.82, 2.24) is 0 Å². The Balaban J connectivity index is 1.76. The largest absolute Gasteiger partial charge is 0.459 e. The van der Waals surface area contributed by atoms with Gasteiger partial charge in [0.15, 0.2) is 0 Å². The molecule has 160 valence electrons. The van der Waals surface area contributed by atoms with Gasteiger partial charge in [-0.1, -0.05) is 48.5 Å². The number of carbonyl (C=O) groups is 2. The van der Waals surface area contributed by atoms with Gasteiger partial charge in [-0.05, 0) is 64.2 Å². The summed E-state index contributed by atoms with van der Waals surface area (Å²) in [5, 5.41) is 0. The second kappa shape index (κ2) is 9.00. The summed E-state index contributed by atoms with van der Waals surface area (Å²) in [7, 11) is 0. The standard InChI is InChI=1S/C25H31NO4/c1-24(2,3)30-23(28)21(26)25(19-12-8-5-9-13-19)16-14-20(15-17-25)29-22(27)18-10-6-4-7-11-18/h4-13,20-21H,14-17,26H2,1-3H3/t20-,21?,25-. The predicted molar refractivity (Wildman–Crippen MR) is 116 cm³/mol. The zero-order valence-electron chi connectivity index (χ0n) is 18.0. The second-order valence-corrected chi connectivity index (χ2v) is 9.00. The summed E-state index contributed by atoms with van der Waals surface area (Å²) in [6.07, 6.45) is 2.38. The van der Waals surface area contributed by atoms with Crippen molar-refractivity contribution in [3.63, 3.8) is 0 Å². The average molecular weight is 410 g/mol. The van der Waals surface area contributed by atoms with E-state index in [1.807, 2.05) is 69.3 Å². The van der Waals surface area contributed by atoms with Gasteiger partial charge < -0.3 is 15.2 Å². The molecule has 2 N–H and O–H groups in total. The maximum atomic E-state index is 12.8. The number of esters is 2. The van der Waals surface area contributed by atoms with E-state index < -0.39 is 23.0 Å². The maximum Gasteiger partial charge on any atom is 0.338 e. The first-order valence-electron chi connectivity index (χ1n) is 10.5. The fraction of sp³-hybridized carbons (Fsp3) is 0.440. The first-order chi connectivity index (χ1) is 14.2. The lowest BCUT2D eigenvalue weighted by atomic mass is 9.64. The third-order valence-corrected chi connectivity index (χ3v) is 5.71. The van der Waals surface area contributed by atoms with Gasteiger partial charge in [-0.3, -0.25) is 4.79 Å². The molecule has 0 heterocycles. The molecule has 0 radical (unpaired) electrons. The third-order valence-electron chi connectivity index (χ3n) is 5.71. The summed E-state index contributed by atoms with van der Waals surface area (Å²) in [5.74, 6) is -0.713. The predicted octanol–water partition coefficient (Wildman–Crippen LogP) is 4.39. The van der Waals surface area contributed by atoms with Gasteiger partial charge in [0.2, 0.25) is 0 Å². The van der Waals surface area contributed by atoms with Crippen molar-refractivity contribution >= 4 is 11.9 Å². The zero-order valence-corrected chi connectivity index (χ0v) is 18.0. The number of nitrogens with two attached hydrogens (primary N) is 1. The quantitative estimate of drug-likeness (QED) is 0.741. The Bertz CT molecular complexity index is 850. The van der Waals surface area contributed by atoms with Crippen LogP contribution in [0.1, 0.15) is 62.4 Å². The Hall–Kier alpha value is -2.66. The van der Waals surface area contributed by atoms with Crippen molar-refractivity contribution < 1.29 is 19.1 Å². The molecule has 5 heteroatoms. The normalized spacial score (nSPS) is 22.7. The van der Waals surface area contributed by atoms with E-state index in [4.69, 9.17) is 15.2 Å². The lowest BCUT2D eigenvalue weighted by molar-refractivity contribution is -0.159. The molecule has 1 atom stereocenters. The van der Waals surface area contributed by atoms with E-state index in [0.29, 0.717) is 31.2 Å². The Labute approximate surface area is 178 Å². The van der Waals surface area contributed by atoms with Crippen LogP contribution >= 0.6 is 0 Å². The van der Waals surface area contributed by atoms with Crippen LogP contribution in [0, 0.1) is 0 Å². The topological polar surface area (TPSA) is 78.6 Å². The van der Waals surface area contributed by atoms with Crippen molar-refractivity contribution in [2.45, 2.75) is 69.6 Å². The molecule has 1 fully saturated rings. The molecule has 1 aliphatic carbocycles. The van der Waals surface area contributed by atoms with Crippen LogP contribution in [0.2, 0.25) is 0 Å². The minimum atomic E-state index is -0.787. The third kappa shape index (κ3) is 5.08. The van der Waals surface area contributed by atoms with Crippen LogP contribution in [0.3, 0.4) is 0 Å². The molecule has 2 aromatic rings. The second-order valence-electron chi connectivity index (χ2n) is 9.00. The highest BCUT2D eigenvalue weighted by Gasteiger charge is 2.46. The van der Waals surface area contributed by atoms with Crippen molar-refractivity contribution in [1.29, 1.82) is 0 Å². The van der Waals surface area contributed by atoms with Crippen LogP contribution in [0.25, 0.3) is 0 Å². The monoisotopic (exact) mass is 409 g/mol. The maximum absolute atomic E-state index is 12.8. The van der Waals surface area contributed by atoms with E-state index in [9.17, 15) is 9.59 Å². The molecule has 0 bridgehead atoms. The molecule has 30 heavy (non-hydrogen) atoms. The van der Waals surface area contributed by atoms with Gasteiger partial charge in [0.05, 0.1) is 5.56 Å². The fourth-order valence-corrected chi connectivity index (χ4v) is 4.16. The molecule has 1 aliphatic rings. The number of hydrogen-bond acceptors (Lipinski definition) is 5. The Kier molecular flexibility index (Phi) is 6.61. The van der Waals surface area contributed by atoms with Crippen LogP contribution in [0.15, 0.2) is 60.7 Å². The number of carbonyl (C=O) groups excluding carboxylic acids is 2. The highest BCUT2D eigenvalue weighted by molar-refractivity contribution is 5.89. The highest BCUT2D eigenvalue weighted by atomic mass is 16.6. The van der Waals surface area contributed by atoms with Crippen LogP contribution in [0.5, 0.6) is 0 Å². The smallest absolute Gasteiger partial charge is 0.338 e. The van der Waals surface area contributed by atoms with Gasteiger partial charge in [0, 0.05) is 5.41 Å². The van der Waals surface area contributed by atoms with Gasteiger partial charge in [0.1, 0.15) is 17.7 Å². The summed E-state index contributed by atoms with van der Waals surface area (Å²) in [6, 6.07) is 18.1. The molecule has 0 aliphatic heterocycles. The number of benzene rings is 2. The summed E-state index contributed by atoms with van der Waals surface area (Å²) in [6.45, 7) is 5.52. The van der Waals surface area contributed by atoms with Gasteiger partial charge >= 0.3 is 11.9 Å². The van der Waals surface area contributed by atoms with Crippen LogP contribution in [0.4, 0.5) is 0 Å². The summed E-state index contributed by atoms with van der Waals surface area (Å²) >= 11 is 0. The molecule has 0 saturated heterocycles. The SMILES string of the molecule is CC(C)(C)OC(=O)C(N)[C@]1(c2ccccc2)CC[C@@H](OC(=O)c2ccccc2)CC1. The molecule has 1 unspecified atom stereocenters. The van der Waals surface area contributed by atoms with E-state index in [2.05, 4.69) is 0 Å². The highest BCUT2D eigenvalue weighted by Crippen LogP contribution is 2.43. The number of hydrogen-bond donors (Lipinski definition) is 1. The van der Waals surface area contributed by atoms with Crippen LogP contribution in [-0.2, 0) is 19.7 Å². The zero-order chi connectivity index (χ0) is 21.8. The van der Waals surface area contributed by atoms with Crippen LogP contribution < -0.4 is 5.73 Å². The van der Waals surface area contributed by atoms with Crippen LogP contribution in [-0.4, -0.2) is 29.7 Å². The van der Waals surface area contributed by atoms with Crippen molar-refractivity contribution in [2.75, 3.05) is 0 Å². The first kappa shape index (κ1) is 22.0. The minimum Gasteiger partial charge on any atom is -0.459 e. The summed E-state index contributed by atoms with van der Waals surface area (Å²) in [4.78, 5) is 25.3. The Morgan fingerprint density at radius 3 is 2.03 bits per heavy atom. The molecular weight excluding hydrogens is 378 g/mol. The number of rotatable bonds is 5. The van der Waals surface area contributed by atoms with Crippen molar-refractivity contribution in [2.24, 2.45) is 5.73 Å². The lowest BCUT2D eigenvalue weighted by Crippen LogP contribution is -2.54. The van der Waals surface area contributed by atoms with E-state index in [0.717, 1.165) is 5.56 Å². The lowest BCUT2D eigenvalue weighted by Gasteiger charge is -2.43. The fourth-order valence-electron chi connectivity index (χ4n) is 4.16. The van der Waals surface area contributed by atoms with Gasteiger partial charge in [0.25, 0.3) is 0 Å².